The molecule has 1 saturated carbocycles. The Balaban J connectivity index is 1.92. The van der Waals surface area contributed by atoms with Crippen molar-refractivity contribution in [2.75, 3.05) is 0 Å². The molecule has 1 aliphatic carbocycles. The predicted molar refractivity (Wildman–Crippen MR) is 56.7 cm³/mol. The van der Waals surface area contributed by atoms with Gasteiger partial charge in [0, 0.05) is 5.92 Å². The van der Waals surface area contributed by atoms with Crippen LogP contribution in [0.1, 0.15) is 56.0 Å². The molecule has 0 saturated heterocycles. The van der Waals surface area contributed by atoms with Crippen molar-refractivity contribution >= 4 is 5.91 Å². The minimum atomic E-state index is -0.425. The molecule has 1 heterocycles. The topological polar surface area (TPSA) is 79.9 Å². The summed E-state index contributed by atoms with van der Waals surface area (Å²) in [5.74, 6) is 0.961. The second-order valence-corrected chi connectivity index (χ2v) is 4.96. The Morgan fingerprint density at radius 2 is 2.19 bits per heavy atom. The molecule has 0 aliphatic heterocycles. The number of H-pyrrole nitrogens is 1. The zero-order valence-corrected chi connectivity index (χ0v) is 9.70. The molecule has 1 aromatic rings. The summed E-state index contributed by atoms with van der Waals surface area (Å²) in [5, 5.41) is 6.62. The highest BCUT2D eigenvalue weighted by molar-refractivity contribution is 5.89. The summed E-state index contributed by atoms with van der Waals surface area (Å²) in [6.45, 7) is 5.54. The number of nitrogens with zero attached hydrogens (tertiary/aromatic N) is 2. The second-order valence-electron chi connectivity index (χ2n) is 4.96. The van der Waals surface area contributed by atoms with Crippen LogP contribution in [0.5, 0.6) is 0 Å². The minimum Gasteiger partial charge on any atom is -0.268 e. The number of aromatic nitrogens is 3. The number of carbonyl (C=O) groups excluding carboxylic acids is 1. The standard InChI is InChI=1S/C10H16N4O2/c1-10(2,3)16-14-9(15)8-11-7(12-13-8)6-4-5-6/h6H,4-5H2,1-3H3,(H,14,15)(H,11,12,13). The molecule has 0 unspecified atom stereocenters. The van der Waals surface area contributed by atoms with Gasteiger partial charge in [0.25, 0.3) is 0 Å². The first kappa shape index (κ1) is 11.1. The van der Waals surface area contributed by atoms with Gasteiger partial charge in [0.2, 0.25) is 5.82 Å². The van der Waals surface area contributed by atoms with Crippen LogP contribution in [0.25, 0.3) is 0 Å². The highest BCUT2D eigenvalue weighted by Gasteiger charge is 2.28. The van der Waals surface area contributed by atoms with Crippen LogP contribution in [0, 0.1) is 0 Å². The van der Waals surface area contributed by atoms with Crippen molar-refractivity contribution in [3.8, 4) is 0 Å². The zero-order chi connectivity index (χ0) is 11.8. The summed E-state index contributed by atoms with van der Waals surface area (Å²) in [4.78, 5) is 20.8. The highest BCUT2D eigenvalue weighted by atomic mass is 16.7. The first-order valence-electron chi connectivity index (χ1n) is 5.36. The molecular formula is C10H16N4O2. The molecule has 1 aromatic heterocycles. The highest BCUT2D eigenvalue weighted by Crippen LogP contribution is 2.37. The molecular weight excluding hydrogens is 208 g/mol. The Morgan fingerprint density at radius 1 is 1.50 bits per heavy atom. The fourth-order valence-electron chi connectivity index (χ4n) is 1.16. The molecule has 6 heteroatoms. The van der Waals surface area contributed by atoms with Crippen molar-refractivity contribution < 1.29 is 9.63 Å². The molecule has 0 bridgehead atoms. The summed E-state index contributed by atoms with van der Waals surface area (Å²) < 4.78 is 0. The first-order chi connectivity index (χ1) is 7.46. The third kappa shape index (κ3) is 2.79. The maximum absolute atomic E-state index is 11.6. The van der Waals surface area contributed by atoms with Gasteiger partial charge in [-0.05, 0) is 33.6 Å². The number of amides is 1. The predicted octanol–water partition coefficient (Wildman–Crippen LogP) is 1.14. The van der Waals surface area contributed by atoms with Gasteiger partial charge in [-0.2, -0.15) is 0 Å². The molecule has 1 amide bonds. The van der Waals surface area contributed by atoms with Crippen molar-refractivity contribution in [2.24, 2.45) is 0 Å². The van der Waals surface area contributed by atoms with E-state index < -0.39 is 11.5 Å². The van der Waals surface area contributed by atoms with Gasteiger partial charge >= 0.3 is 5.91 Å². The van der Waals surface area contributed by atoms with Gasteiger partial charge in [-0.1, -0.05) is 0 Å². The fraction of sp³-hybridized carbons (Fsp3) is 0.700. The third-order valence-electron chi connectivity index (χ3n) is 2.12. The summed E-state index contributed by atoms with van der Waals surface area (Å²) in [6, 6.07) is 0. The number of hydrogen-bond donors (Lipinski definition) is 2. The Morgan fingerprint density at radius 3 is 2.75 bits per heavy atom. The summed E-state index contributed by atoms with van der Waals surface area (Å²) in [5.41, 5.74) is 1.90. The summed E-state index contributed by atoms with van der Waals surface area (Å²) in [7, 11) is 0. The molecule has 1 fully saturated rings. The molecule has 2 N–H and O–H groups in total. The van der Waals surface area contributed by atoms with Crippen molar-refractivity contribution in [1.29, 1.82) is 0 Å². The number of aromatic amines is 1. The van der Waals surface area contributed by atoms with E-state index in [1.165, 1.54) is 0 Å². The molecule has 0 atom stereocenters. The van der Waals surface area contributed by atoms with Crippen molar-refractivity contribution in [2.45, 2.75) is 45.1 Å². The Labute approximate surface area is 93.7 Å². The number of hydrogen-bond acceptors (Lipinski definition) is 4. The Kier molecular flexibility index (Phi) is 2.67. The lowest BCUT2D eigenvalue weighted by atomic mass is 10.2. The Hall–Kier alpha value is -1.43. The van der Waals surface area contributed by atoms with Gasteiger partial charge in [-0.3, -0.25) is 14.7 Å². The van der Waals surface area contributed by atoms with E-state index in [1.807, 2.05) is 20.8 Å². The molecule has 0 radical (unpaired) electrons. The largest absolute Gasteiger partial charge is 0.314 e. The van der Waals surface area contributed by atoms with E-state index in [1.54, 1.807) is 0 Å². The number of rotatable bonds is 3. The number of hydroxylamine groups is 1. The molecule has 2 rings (SSSR count). The van der Waals surface area contributed by atoms with Gasteiger partial charge in [-0.15, -0.1) is 5.10 Å². The SMILES string of the molecule is CC(C)(C)ONC(=O)c1n[nH]c(C2CC2)n1. The van der Waals surface area contributed by atoms with E-state index in [-0.39, 0.29) is 5.82 Å². The smallest absolute Gasteiger partial charge is 0.268 e. The average Bonchev–Trinajstić information content (AvgIpc) is 2.92. The lowest BCUT2D eigenvalue weighted by Crippen LogP contribution is -2.34. The Bertz CT molecular complexity index is 390. The van der Waals surface area contributed by atoms with E-state index in [0.717, 1.165) is 18.7 Å². The van der Waals surface area contributed by atoms with Crippen molar-refractivity contribution in [3.05, 3.63) is 11.6 Å². The number of nitrogens with one attached hydrogen (secondary N) is 2. The normalized spacial score (nSPS) is 16.2. The first-order valence-corrected chi connectivity index (χ1v) is 5.36. The van der Waals surface area contributed by atoms with Gasteiger partial charge in [0.1, 0.15) is 5.82 Å². The lowest BCUT2D eigenvalue weighted by Gasteiger charge is -2.17. The molecule has 6 nitrogen and oxygen atoms in total. The lowest BCUT2D eigenvalue weighted by molar-refractivity contribution is -0.0593. The van der Waals surface area contributed by atoms with Gasteiger partial charge in [0.15, 0.2) is 0 Å². The van der Waals surface area contributed by atoms with Crippen LogP contribution in [0.15, 0.2) is 0 Å². The van der Waals surface area contributed by atoms with Crippen LogP contribution in [0.4, 0.5) is 0 Å². The van der Waals surface area contributed by atoms with Crippen LogP contribution in [0.2, 0.25) is 0 Å². The van der Waals surface area contributed by atoms with E-state index in [0.29, 0.717) is 5.92 Å². The van der Waals surface area contributed by atoms with Crippen LogP contribution >= 0.6 is 0 Å². The van der Waals surface area contributed by atoms with Gasteiger partial charge in [-0.25, -0.2) is 10.5 Å². The van der Waals surface area contributed by atoms with E-state index in [9.17, 15) is 4.79 Å². The van der Waals surface area contributed by atoms with E-state index >= 15 is 0 Å². The van der Waals surface area contributed by atoms with E-state index in [4.69, 9.17) is 4.84 Å². The number of carbonyl (C=O) groups is 1. The van der Waals surface area contributed by atoms with Crippen LogP contribution in [-0.4, -0.2) is 26.7 Å². The molecule has 1 aliphatic rings. The molecule has 0 spiro atoms. The third-order valence-corrected chi connectivity index (χ3v) is 2.12. The van der Waals surface area contributed by atoms with Gasteiger partial charge < -0.3 is 0 Å². The second kappa shape index (κ2) is 3.86. The van der Waals surface area contributed by atoms with Crippen LogP contribution in [0.3, 0.4) is 0 Å². The quantitative estimate of drug-likeness (QED) is 0.754. The maximum Gasteiger partial charge on any atom is 0.314 e. The molecule has 16 heavy (non-hydrogen) atoms. The van der Waals surface area contributed by atoms with Crippen LogP contribution < -0.4 is 5.48 Å². The summed E-state index contributed by atoms with van der Waals surface area (Å²) in [6.07, 6.45) is 2.24. The van der Waals surface area contributed by atoms with Crippen molar-refractivity contribution in [1.82, 2.24) is 20.7 Å². The van der Waals surface area contributed by atoms with Gasteiger partial charge in [0.05, 0.1) is 5.60 Å². The minimum absolute atomic E-state index is 0.131. The molecule has 88 valence electrons. The average molecular weight is 224 g/mol. The fourth-order valence-corrected chi connectivity index (χ4v) is 1.16. The zero-order valence-electron chi connectivity index (χ0n) is 9.70. The monoisotopic (exact) mass is 224 g/mol. The van der Waals surface area contributed by atoms with Crippen LogP contribution in [-0.2, 0) is 4.84 Å². The van der Waals surface area contributed by atoms with E-state index in [2.05, 4.69) is 20.7 Å². The summed E-state index contributed by atoms with van der Waals surface area (Å²) >= 11 is 0. The molecule has 0 aromatic carbocycles. The maximum atomic E-state index is 11.6. The van der Waals surface area contributed by atoms with Crippen molar-refractivity contribution in [3.63, 3.8) is 0 Å².